The van der Waals surface area contributed by atoms with Gasteiger partial charge in [0.15, 0.2) is 11.5 Å². The molecule has 1 aromatic carbocycles. The Morgan fingerprint density at radius 3 is 2.83 bits per heavy atom. The van der Waals surface area contributed by atoms with Crippen LogP contribution in [-0.4, -0.2) is 48.4 Å². The van der Waals surface area contributed by atoms with E-state index in [-0.39, 0.29) is 5.43 Å². The van der Waals surface area contributed by atoms with Crippen molar-refractivity contribution in [1.29, 1.82) is 0 Å². The minimum atomic E-state index is -0.131. The summed E-state index contributed by atoms with van der Waals surface area (Å²) in [5, 5.41) is 7.21. The number of likely N-dealkylation sites (tertiary alicyclic amines) is 1. The van der Waals surface area contributed by atoms with Crippen molar-refractivity contribution in [2.45, 2.75) is 25.7 Å². The monoisotopic (exact) mass is 317 g/mol. The molecule has 6 nitrogen and oxygen atoms in total. The quantitative estimate of drug-likeness (QED) is 0.827. The largest absolute Gasteiger partial charge is 0.493 e. The van der Waals surface area contributed by atoms with Crippen LogP contribution in [0, 0.1) is 0 Å². The molecule has 2 heterocycles. The van der Waals surface area contributed by atoms with Gasteiger partial charge in [0.05, 0.1) is 30.8 Å². The summed E-state index contributed by atoms with van der Waals surface area (Å²) < 4.78 is 11.2. The standard InChI is InChI=1S/C17H23N3O3/c1-22-16-10-13-14(19-18-12-15(13)21)11-17(16)23-9-5-8-20-6-3-2-4-7-20/h10-12H,2-9H2,1H3,(H,19,21). The van der Waals surface area contributed by atoms with Gasteiger partial charge in [0.2, 0.25) is 5.43 Å². The van der Waals surface area contributed by atoms with Gasteiger partial charge in [-0.2, -0.15) is 5.10 Å². The smallest absolute Gasteiger partial charge is 0.208 e. The molecule has 0 atom stereocenters. The fourth-order valence-electron chi connectivity index (χ4n) is 3.01. The van der Waals surface area contributed by atoms with E-state index in [9.17, 15) is 4.79 Å². The van der Waals surface area contributed by atoms with Crippen LogP contribution >= 0.6 is 0 Å². The van der Waals surface area contributed by atoms with Crippen LogP contribution < -0.4 is 14.9 Å². The SMILES string of the molecule is COc1cc2c(=O)cn[nH]c2cc1OCCCN1CCCCC1. The van der Waals surface area contributed by atoms with E-state index in [1.54, 1.807) is 19.2 Å². The van der Waals surface area contributed by atoms with E-state index in [1.807, 2.05) is 0 Å². The zero-order chi connectivity index (χ0) is 16.1. The molecule has 1 saturated heterocycles. The van der Waals surface area contributed by atoms with E-state index < -0.39 is 0 Å². The maximum Gasteiger partial charge on any atom is 0.208 e. The molecular formula is C17H23N3O3. The number of aromatic nitrogens is 2. The van der Waals surface area contributed by atoms with Crippen LogP contribution in [0.1, 0.15) is 25.7 Å². The van der Waals surface area contributed by atoms with Crippen molar-refractivity contribution in [3.05, 3.63) is 28.6 Å². The number of nitrogens with zero attached hydrogens (tertiary/aromatic N) is 2. The number of H-pyrrole nitrogens is 1. The van der Waals surface area contributed by atoms with Crippen LogP contribution in [-0.2, 0) is 0 Å². The minimum absolute atomic E-state index is 0.131. The van der Waals surface area contributed by atoms with Gasteiger partial charge in [-0.25, -0.2) is 0 Å². The summed E-state index contributed by atoms with van der Waals surface area (Å²) in [6.45, 7) is 4.09. The molecule has 2 aromatic rings. The van der Waals surface area contributed by atoms with Gasteiger partial charge in [-0.15, -0.1) is 0 Å². The highest BCUT2D eigenvalue weighted by Crippen LogP contribution is 2.30. The number of nitrogens with one attached hydrogen (secondary N) is 1. The number of methoxy groups -OCH3 is 1. The molecule has 23 heavy (non-hydrogen) atoms. The summed E-state index contributed by atoms with van der Waals surface area (Å²) in [5.41, 5.74) is 0.526. The first-order valence-corrected chi connectivity index (χ1v) is 8.18. The van der Waals surface area contributed by atoms with Crippen molar-refractivity contribution in [2.75, 3.05) is 33.4 Å². The van der Waals surface area contributed by atoms with Crippen molar-refractivity contribution in [1.82, 2.24) is 15.1 Å². The third-order valence-electron chi connectivity index (χ3n) is 4.26. The number of hydrogen-bond acceptors (Lipinski definition) is 5. The summed E-state index contributed by atoms with van der Waals surface area (Å²) in [6, 6.07) is 3.49. The second-order valence-electron chi connectivity index (χ2n) is 5.89. The third-order valence-corrected chi connectivity index (χ3v) is 4.26. The highest BCUT2D eigenvalue weighted by Gasteiger charge is 2.11. The van der Waals surface area contributed by atoms with E-state index in [1.165, 1.54) is 38.5 Å². The van der Waals surface area contributed by atoms with Crippen molar-refractivity contribution >= 4 is 10.9 Å². The molecule has 1 aromatic heterocycles. The zero-order valence-electron chi connectivity index (χ0n) is 13.5. The Labute approximate surface area is 135 Å². The highest BCUT2D eigenvalue weighted by molar-refractivity contribution is 5.81. The van der Waals surface area contributed by atoms with Gasteiger partial charge in [-0.05, 0) is 38.4 Å². The summed E-state index contributed by atoms with van der Waals surface area (Å²) in [4.78, 5) is 14.3. The summed E-state index contributed by atoms with van der Waals surface area (Å²) >= 11 is 0. The van der Waals surface area contributed by atoms with Gasteiger partial charge in [-0.3, -0.25) is 9.89 Å². The Kier molecular flexibility index (Phi) is 5.12. The van der Waals surface area contributed by atoms with Gasteiger partial charge < -0.3 is 14.4 Å². The molecule has 1 aliphatic heterocycles. The molecule has 0 spiro atoms. The molecule has 1 N–H and O–H groups in total. The number of fused-ring (bicyclic) bond motifs is 1. The summed E-state index contributed by atoms with van der Waals surface area (Å²) in [6.07, 6.45) is 6.21. The Bertz CT molecular complexity index is 708. The van der Waals surface area contributed by atoms with Crippen molar-refractivity contribution in [3.8, 4) is 11.5 Å². The molecular weight excluding hydrogens is 294 g/mol. The van der Waals surface area contributed by atoms with Gasteiger partial charge in [-0.1, -0.05) is 6.42 Å². The van der Waals surface area contributed by atoms with Gasteiger partial charge in [0, 0.05) is 12.6 Å². The van der Waals surface area contributed by atoms with E-state index in [0.717, 1.165) is 13.0 Å². The van der Waals surface area contributed by atoms with E-state index in [2.05, 4.69) is 15.1 Å². The molecule has 0 aliphatic carbocycles. The zero-order valence-corrected chi connectivity index (χ0v) is 13.5. The van der Waals surface area contributed by atoms with Crippen LogP contribution in [0.2, 0.25) is 0 Å². The summed E-state index contributed by atoms with van der Waals surface area (Å²) in [5.74, 6) is 1.22. The second kappa shape index (κ2) is 7.46. The molecule has 0 unspecified atom stereocenters. The average Bonchev–Trinajstić information content (AvgIpc) is 2.59. The fourth-order valence-corrected chi connectivity index (χ4v) is 3.01. The Morgan fingerprint density at radius 1 is 1.22 bits per heavy atom. The maximum atomic E-state index is 11.8. The highest BCUT2D eigenvalue weighted by atomic mass is 16.5. The molecule has 0 bridgehead atoms. The van der Waals surface area contributed by atoms with Crippen LogP contribution in [0.15, 0.2) is 23.1 Å². The normalized spacial score (nSPS) is 15.7. The number of piperidine rings is 1. The Hall–Kier alpha value is -2.08. The van der Waals surface area contributed by atoms with E-state index >= 15 is 0 Å². The van der Waals surface area contributed by atoms with Crippen molar-refractivity contribution < 1.29 is 9.47 Å². The molecule has 6 heteroatoms. The number of ether oxygens (including phenoxy) is 2. The second-order valence-corrected chi connectivity index (χ2v) is 5.89. The summed E-state index contributed by atoms with van der Waals surface area (Å²) in [7, 11) is 1.58. The lowest BCUT2D eigenvalue weighted by atomic mass is 10.1. The first-order chi connectivity index (χ1) is 11.3. The molecule has 1 aliphatic rings. The predicted octanol–water partition coefficient (Wildman–Crippen LogP) is 2.19. The van der Waals surface area contributed by atoms with E-state index in [0.29, 0.717) is 29.0 Å². The first kappa shape index (κ1) is 15.8. The molecule has 1 fully saturated rings. The van der Waals surface area contributed by atoms with Gasteiger partial charge in [0.1, 0.15) is 0 Å². The van der Waals surface area contributed by atoms with Crippen LogP contribution in [0.3, 0.4) is 0 Å². The molecule has 0 amide bonds. The maximum absolute atomic E-state index is 11.8. The number of benzene rings is 1. The lowest BCUT2D eigenvalue weighted by molar-refractivity contribution is 0.203. The van der Waals surface area contributed by atoms with Crippen LogP contribution in [0.4, 0.5) is 0 Å². The average molecular weight is 317 g/mol. The Morgan fingerprint density at radius 2 is 2.04 bits per heavy atom. The molecule has 124 valence electrons. The molecule has 0 radical (unpaired) electrons. The Balaban J connectivity index is 1.63. The van der Waals surface area contributed by atoms with E-state index in [4.69, 9.17) is 9.47 Å². The topological polar surface area (TPSA) is 67.4 Å². The lowest BCUT2D eigenvalue weighted by Gasteiger charge is -2.26. The minimum Gasteiger partial charge on any atom is -0.493 e. The van der Waals surface area contributed by atoms with Gasteiger partial charge in [0.25, 0.3) is 0 Å². The lowest BCUT2D eigenvalue weighted by Crippen LogP contribution is -2.31. The molecule has 0 saturated carbocycles. The van der Waals surface area contributed by atoms with Gasteiger partial charge >= 0.3 is 0 Å². The number of rotatable bonds is 6. The first-order valence-electron chi connectivity index (χ1n) is 8.18. The predicted molar refractivity (Wildman–Crippen MR) is 89.3 cm³/mol. The van der Waals surface area contributed by atoms with Crippen molar-refractivity contribution in [3.63, 3.8) is 0 Å². The fraction of sp³-hybridized carbons (Fsp3) is 0.529. The number of hydrogen-bond donors (Lipinski definition) is 1. The number of aromatic amines is 1. The molecule has 3 rings (SSSR count). The van der Waals surface area contributed by atoms with Crippen LogP contribution in [0.25, 0.3) is 10.9 Å². The van der Waals surface area contributed by atoms with Crippen LogP contribution in [0.5, 0.6) is 11.5 Å². The van der Waals surface area contributed by atoms with Crippen molar-refractivity contribution in [2.24, 2.45) is 0 Å². The third kappa shape index (κ3) is 3.82.